The molecule has 0 saturated carbocycles. The van der Waals surface area contributed by atoms with Crippen molar-refractivity contribution in [1.82, 2.24) is 0 Å². The number of rotatable bonds is 7. The van der Waals surface area contributed by atoms with Crippen LogP contribution in [-0.2, 0) is 28.6 Å². The largest absolute Gasteiger partial charge is 0.391 e. The van der Waals surface area contributed by atoms with E-state index in [-0.39, 0.29) is 9.79 Å². The van der Waals surface area contributed by atoms with E-state index in [4.69, 9.17) is 5.11 Å². The van der Waals surface area contributed by atoms with Crippen molar-refractivity contribution in [3.05, 3.63) is 60.7 Å². The van der Waals surface area contributed by atoms with Gasteiger partial charge in [0.2, 0.25) is 6.29 Å². The Bertz CT molecular complexity index is 760. The predicted molar refractivity (Wildman–Crippen MR) is 80.3 cm³/mol. The number of hydrogen-bond donors (Lipinski definition) is 1. The van der Waals surface area contributed by atoms with E-state index in [0.717, 1.165) is 0 Å². The maximum atomic E-state index is 12.0. The molecule has 7 nitrogen and oxygen atoms in total. The van der Waals surface area contributed by atoms with E-state index in [1.807, 2.05) is 0 Å². The normalized spacial score (nSPS) is 12.4. The second kappa shape index (κ2) is 7.20. The first-order valence-electron chi connectivity index (χ1n) is 6.43. The molecule has 9 heteroatoms. The molecule has 2 aromatic rings. The molecular weight excluding hydrogens is 344 g/mol. The molecule has 0 amide bonds. The zero-order valence-electron chi connectivity index (χ0n) is 11.8. The maximum absolute atomic E-state index is 12.0. The quantitative estimate of drug-likeness (QED) is 0.584. The first-order valence-corrected chi connectivity index (χ1v) is 9.24. The van der Waals surface area contributed by atoms with E-state index < -0.39 is 33.1 Å². The van der Waals surface area contributed by atoms with Gasteiger partial charge < -0.3 is 5.11 Å². The molecule has 0 aliphatic carbocycles. The van der Waals surface area contributed by atoms with E-state index in [2.05, 4.69) is 8.37 Å². The Labute approximate surface area is 134 Å². The summed E-state index contributed by atoms with van der Waals surface area (Å²) in [5.74, 6) is 0. The summed E-state index contributed by atoms with van der Waals surface area (Å²) in [6.45, 7) is -0.960. The lowest BCUT2D eigenvalue weighted by atomic mass is 10.4. The van der Waals surface area contributed by atoms with E-state index >= 15 is 0 Å². The summed E-state index contributed by atoms with van der Waals surface area (Å²) >= 11 is 0. The first-order chi connectivity index (χ1) is 10.8. The van der Waals surface area contributed by atoms with Crippen molar-refractivity contribution in [3.8, 4) is 0 Å². The second-order valence-corrected chi connectivity index (χ2v) is 7.48. The van der Waals surface area contributed by atoms with Crippen LogP contribution < -0.4 is 0 Å². The van der Waals surface area contributed by atoms with Gasteiger partial charge in [0.15, 0.2) is 0 Å². The SMILES string of the molecule is O=S(=O)(OC(CO)OS(=O)(=O)c1ccccc1)c1ccccc1. The molecule has 1 N–H and O–H groups in total. The van der Waals surface area contributed by atoms with Crippen LogP contribution in [0.3, 0.4) is 0 Å². The predicted octanol–water partition coefficient (Wildman–Crippen LogP) is 1.12. The summed E-state index contributed by atoms with van der Waals surface area (Å²) in [7, 11) is -8.55. The number of aliphatic hydroxyl groups is 1. The fraction of sp³-hybridized carbons (Fsp3) is 0.143. The van der Waals surface area contributed by atoms with Crippen LogP contribution in [0.4, 0.5) is 0 Å². The van der Waals surface area contributed by atoms with Gasteiger partial charge in [-0.05, 0) is 24.3 Å². The minimum Gasteiger partial charge on any atom is -0.391 e. The number of hydrogen-bond acceptors (Lipinski definition) is 7. The van der Waals surface area contributed by atoms with Gasteiger partial charge in [-0.2, -0.15) is 16.8 Å². The molecule has 0 fully saturated rings. The Hall–Kier alpha value is -1.78. The lowest BCUT2D eigenvalue weighted by molar-refractivity contribution is -0.0258. The van der Waals surface area contributed by atoms with E-state index in [1.165, 1.54) is 48.5 Å². The van der Waals surface area contributed by atoms with Crippen molar-refractivity contribution in [2.24, 2.45) is 0 Å². The smallest absolute Gasteiger partial charge is 0.299 e. The molecule has 2 aromatic carbocycles. The van der Waals surface area contributed by atoms with Crippen molar-refractivity contribution < 1.29 is 30.3 Å². The molecule has 23 heavy (non-hydrogen) atoms. The van der Waals surface area contributed by atoms with Crippen LogP contribution in [0.15, 0.2) is 70.5 Å². The molecule has 0 radical (unpaired) electrons. The van der Waals surface area contributed by atoms with Gasteiger partial charge in [-0.3, -0.25) is 0 Å². The summed E-state index contributed by atoms with van der Waals surface area (Å²) in [5.41, 5.74) is 0. The minimum absolute atomic E-state index is 0.181. The summed E-state index contributed by atoms with van der Waals surface area (Å²) < 4.78 is 57.4. The molecular formula is C14H14O7S2. The molecule has 0 aliphatic rings. The lowest BCUT2D eigenvalue weighted by Gasteiger charge is -2.15. The summed E-state index contributed by atoms with van der Waals surface area (Å²) in [4.78, 5) is -0.363. The summed E-state index contributed by atoms with van der Waals surface area (Å²) in [6, 6.07) is 14.2. The Balaban J connectivity index is 2.18. The van der Waals surface area contributed by atoms with Crippen molar-refractivity contribution in [2.45, 2.75) is 16.1 Å². The van der Waals surface area contributed by atoms with E-state index in [9.17, 15) is 16.8 Å². The molecule has 0 heterocycles. The van der Waals surface area contributed by atoms with E-state index in [1.54, 1.807) is 12.1 Å². The highest BCUT2D eigenvalue weighted by molar-refractivity contribution is 7.87. The molecule has 2 rings (SSSR count). The Morgan fingerprint density at radius 3 is 1.39 bits per heavy atom. The van der Waals surface area contributed by atoms with Crippen LogP contribution in [0, 0.1) is 0 Å². The zero-order chi connectivity index (χ0) is 16.9. The highest BCUT2D eigenvalue weighted by Gasteiger charge is 2.27. The number of benzene rings is 2. The van der Waals surface area contributed by atoms with Crippen molar-refractivity contribution in [1.29, 1.82) is 0 Å². The number of aliphatic hydroxyl groups excluding tert-OH is 1. The van der Waals surface area contributed by atoms with Crippen LogP contribution >= 0.6 is 0 Å². The standard InChI is InChI=1S/C14H14O7S2/c15-11-14(20-22(16,17)12-7-3-1-4-8-12)21-23(18,19)13-9-5-2-6-10-13/h1-10,14-15H,11H2. The Kier molecular flexibility index (Phi) is 5.50. The van der Waals surface area contributed by atoms with Gasteiger partial charge >= 0.3 is 0 Å². The van der Waals surface area contributed by atoms with Gasteiger partial charge in [-0.1, -0.05) is 36.4 Å². The summed E-state index contributed by atoms with van der Waals surface area (Å²) in [5, 5.41) is 9.17. The van der Waals surface area contributed by atoms with Crippen LogP contribution in [-0.4, -0.2) is 34.8 Å². The zero-order valence-corrected chi connectivity index (χ0v) is 13.4. The van der Waals surface area contributed by atoms with Crippen LogP contribution in [0.1, 0.15) is 0 Å². The minimum atomic E-state index is -4.28. The third-order valence-corrected chi connectivity index (χ3v) is 5.32. The van der Waals surface area contributed by atoms with Crippen molar-refractivity contribution in [2.75, 3.05) is 6.61 Å². The van der Waals surface area contributed by atoms with Gasteiger partial charge in [-0.15, -0.1) is 0 Å². The molecule has 124 valence electrons. The van der Waals surface area contributed by atoms with Crippen LogP contribution in [0.5, 0.6) is 0 Å². The second-order valence-electron chi connectivity index (χ2n) is 4.34. The molecule has 0 bridgehead atoms. The third kappa shape index (κ3) is 4.60. The third-order valence-electron chi connectivity index (χ3n) is 2.68. The molecule has 0 aromatic heterocycles. The highest BCUT2D eigenvalue weighted by atomic mass is 32.2. The van der Waals surface area contributed by atoms with Gasteiger partial charge in [-0.25, -0.2) is 8.37 Å². The van der Waals surface area contributed by atoms with Crippen LogP contribution in [0.25, 0.3) is 0 Å². The van der Waals surface area contributed by atoms with Gasteiger partial charge in [0.25, 0.3) is 20.2 Å². The lowest BCUT2D eigenvalue weighted by Crippen LogP contribution is -2.28. The van der Waals surface area contributed by atoms with Gasteiger partial charge in [0.05, 0.1) is 16.4 Å². The highest BCUT2D eigenvalue weighted by Crippen LogP contribution is 2.18. The van der Waals surface area contributed by atoms with Crippen molar-refractivity contribution in [3.63, 3.8) is 0 Å². The monoisotopic (exact) mass is 358 g/mol. The molecule has 0 saturated heterocycles. The first kappa shape index (κ1) is 17.6. The topological polar surface area (TPSA) is 107 Å². The molecule has 0 spiro atoms. The fourth-order valence-electron chi connectivity index (χ4n) is 1.64. The van der Waals surface area contributed by atoms with Gasteiger partial charge in [0, 0.05) is 0 Å². The Morgan fingerprint density at radius 2 is 1.09 bits per heavy atom. The molecule has 0 unspecified atom stereocenters. The fourth-order valence-corrected chi connectivity index (χ4v) is 3.66. The Morgan fingerprint density at radius 1 is 0.739 bits per heavy atom. The molecule has 0 aliphatic heterocycles. The average Bonchev–Trinajstić information content (AvgIpc) is 2.55. The molecule has 0 atom stereocenters. The maximum Gasteiger partial charge on any atom is 0.299 e. The summed E-state index contributed by atoms with van der Waals surface area (Å²) in [6.07, 6.45) is -1.88. The van der Waals surface area contributed by atoms with Crippen LogP contribution in [0.2, 0.25) is 0 Å². The van der Waals surface area contributed by atoms with Crippen molar-refractivity contribution >= 4 is 20.2 Å². The average molecular weight is 358 g/mol. The van der Waals surface area contributed by atoms with Gasteiger partial charge in [0.1, 0.15) is 0 Å². The van der Waals surface area contributed by atoms with E-state index in [0.29, 0.717) is 0 Å².